The third kappa shape index (κ3) is 3.62. The topological polar surface area (TPSA) is 87.9 Å². The van der Waals surface area contributed by atoms with E-state index in [0.717, 1.165) is 0 Å². The molecular formula is C20H15Cl2NO5S. The molecule has 4 rings (SSSR count). The minimum atomic E-state index is -3.97. The predicted octanol–water partition coefficient (Wildman–Crippen LogP) is 4.71. The van der Waals surface area contributed by atoms with E-state index in [1.54, 1.807) is 42.5 Å². The molecule has 9 heteroatoms. The van der Waals surface area contributed by atoms with Crippen LogP contribution in [0.1, 0.15) is 0 Å². The normalized spacial score (nSPS) is 12.8. The Morgan fingerprint density at radius 3 is 2.10 bits per heavy atom. The molecule has 0 bridgehead atoms. The van der Waals surface area contributed by atoms with Crippen LogP contribution in [0.5, 0.6) is 17.2 Å². The first-order valence-corrected chi connectivity index (χ1v) is 10.7. The Bertz CT molecular complexity index is 1200. The average molecular weight is 452 g/mol. The fraction of sp³-hybridized carbons (Fsp3) is 0.100. The van der Waals surface area contributed by atoms with Crippen LogP contribution >= 0.6 is 23.2 Å². The van der Waals surface area contributed by atoms with Crippen molar-refractivity contribution in [2.75, 3.05) is 13.9 Å². The summed E-state index contributed by atoms with van der Waals surface area (Å²) in [5.41, 5.74) is 2.30. The third-order valence-electron chi connectivity index (χ3n) is 4.51. The van der Waals surface area contributed by atoms with Gasteiger partial charge < -0.3 is 14.2 Å². The van der Waals surface area contributed by atoms with Crippen LogP contribution in [-0.2, 0) is 10.0 Å². The van der Waals surface area contributed by atoms with E-state index in [1.807, 2.05) is 0 Å². The lowest BCUT2D eigenvalue weighted by molar-refractivity contribution is 0.174. The first-order chi connectivity index (χ1) is 13.8. The van der Waals surface area contributed by atoms with E-state index < -0.39 is 10.0 Å². The molecule has 6 nitrogen and oxygen atoms in total. The third-order valence-corrected chi connectivity index (χ3v) is 6.04. The lowest BCUT2D eigenvalue weighted by atomic mass is 9.93. The number of methoxy groups -OCH3 is 1. The molecule has 0 fully saturated rings. The van der Waals surface area contributed by atoms with Crippen molar-refractivity contribution in [2.45, 2.75) is 4.90 Å². The minimum absolute atomic E-state index is 0.00850. The fourth-order valence-corrected chi connectivity index (χ4v) is 4.65. The summed E-state index contributed by atoms with van der Waals surface area (Å²) < 4.78 is 40.5. The molecule has 3 aromatic rings. The van der Waals surface area contributed by atoms with Gasteiger partial charge in [-0.2, -0.15) is 0 Å². The molecule has 1 aliphatic rings. The van der Waals surface area contributed by atoms with Gasteiger partial charge in [0.05, 0.1) is 22.1 Å². The van der Waals surface area contributed by atoms with Gasteiger partial charge in [0, 0.05) is 5.56 Å². The van der Waals surface area contributed by atoms with Crippen molar-refractivity contribution < 1.29 is 22.6 Å². The maximum Gasteiger partial charge on any atom is 0.238 e. The monoisotopic (exact) mass is 451 g/mol. The molecule has 1 heterocycles. The Morgan fingerprint density at radius 2 is 1.52 bits per heavy atom. The number of rotatable bonds is 4. The van der Waals surface area contributed by atoms with Crippen molar-refractivity contribution in [3.8, 4) is 39.5 Å². The molecule has 150 valence electrons. The molecule has 1 aliphatic heterocycles. The number of nitrogens with two attached hydrogens (primary N) is 1. The second-order valence-corrected chi connectivity index (χ2v) is 8.61. The first kappa shape index (κ1) is 19.8. The Morgan fingerprint density at radius 1 is 0.931 bits per heavy atom. The highest BCUT2D eigenvalue weighted by molar-refractivity contribution is 7.89. The van der Waals surface area contributed by atoms with E-state index in [9.17, 15) is 8.42 Å². The van der Waals surface area contributed by atoms with Gasteiger partial charge in [0.1, 0.15) is 0 Å². The summed E-state index contributed by atoms with van der Waals surface area (Å²) in [4.78, 5) is -0.00850. The van der Waals surface area contributed by atoms with Crippen molar-refractivity contribution in [1.29, 1.82) is 0 Å². The first-order valence-electron chi connectivity index (χ1n) is 8.39. The second-order valence-electron chi connectivity index (χ2n) is 6.27. The van der Waals surface area contributed by atoms with Crippen LogP contribution in [0.3, 0.4) is 0 Å². The van der Waals surface area contributed by atoms with E-state index in [4.69, 9.17) is 42.6 Å². The summed E-state index contributed by atoms with van der Waals surface area (Å²) in [6.45, 7) is 0.0686. The Balaban J connectivity index is 2.03. The Hall–Kier alpha value is -2.45. The van der Waals surface area contributed by atoms with E-state index in [2.05, 4.69) is 0 Å². The molecule has 0 saturated heterocycles. The van der Waals surface area contributed by atoms with E-state index >= 15 is 0 Å². The van der Waals surface area contributed by atoms with Crippen molar-refractivity contribution >= 4 is 33.2 Å². The maximum absolute atomic E-state index is 12.2. The van der Waals surface area contributed by atoms with Gasteiger partial charge >= 0.3 is 0 Å². The van der Waals surface area contributed by atoms with Crippen LogP contribution in [0.4, 0.5) is 0 Å². The second kappa shape index (κ2) is 7.42. The van der Waals surface area contributed by atoms with Gasteiger partial charge in [-0.05, 0) is 47.0 Å². The number of halogens is 2. The summed E-state index contributed by atoms with van der Waals surface area (Å²) in [6, 6.07) is 13.3. The predicted molar refractivity (Wildman–Crippen MR) is 111 cm³/mol. The lowest BCUT2D eigenvalue weighted by Crippen LogP contribution is -2.13. The number of primary sulfonamides is 1. The highest BCUT2D eigenvalue weighted by Crippen LogP contribution is 2.46. The highest BCUT2D eigenvalue weighted by Gasteiger charge is 2.23. The van der Waals surface area contributed by atoms with Crippen molar-refractivity contribution in [1.82, 2.24) is 0 Å². The molecule has 0 saturated carbocycles. The molecule has 0 spiro atoms. The van der Waals surface area contributed by atoms with Gasteiger partial charge in [0.25, 0.3) is 0 Å². The molecule has 0 atom stereocenters. The van der Waals surface area contributed by atoms with Gasteiger partial charge in [-0.3, -0.25) is 0 Å². The van der Waals surface area contributed by atoms with E-state index in [1.165, 1.54) is 13.2 Å². The smallest absolute Gasteiger partial charge is 0.238 e. The van der Waals surface area contributed by atoms with Crippen LogP contribution in [0.2, 0.25) is 10.0 Å². The molecular weight excluding hydrogens is 437 g/mol. The summed E-state index contributed by atoms with van der Waals surface area (Å²) in [5, 5.41) is 6.08. The minimum Gasteiger partial charge on any atom is -0.494 e. The van der Waals surface area contributed by atoms with Crippen LogP contribution in [0.15, 0.2) is 53.4 Å². The van der Waals surface area contributed by atoms with E-state index in [0.29, 0.717) is 49.5 Å². The summed E-state index contributed by atoms with van der Waals surface area (Å²) in [5.74, 6) is 1.38. The molecule has 2 N–H and O–H groups in total. The molecule has 3 aromatic carbocycles. The Labute approximate surface area is 177 Å². The van der Waals surface area contributed by atoms with Crippen LogP contribution in [0, 0.1) is 0 Å². The fourth-order valence-electron chi connectivity index (χ4n) is 3.25. The van der Waals surface area contributed by atoms with Crippen molar-refractivity contribution in [2.24, 2.45) is 5.14 Å². The van der Waals surface area contributed by atoms with Gasteiger partial charge in [0.2, 0.25) is 16.8 Å². The number of fused-ring (bicyclic) bond motifs is 1. The van der Waals surface area contributed by atoms with Crippen molar-refractivity contribution in [3.63, 3.8) is 0 Å². The van der Waals surface area contributed by atoms with Crippen LogP contribution in [-0.4, -0.2) is 22.3 Å². The number of hydrogen-bond donors (Lipinski definition) is 1. The quantitative estimate of drug-likeness (QED) is 0.620. The molecule has 0 amide bonds. The highest BCUT2D eigenvalue weighted by atomic mass is 35.5. The molecule has 0 aromatic heterocycles. The van der Waals surface area contributed by atoms with Crippen LogP contribution in [0.25, 0.3) is 22.3 Å². The number of sulfonamides is 1. The van der Waals surface area contributed by atoms with Crippen LogP contribution < -0.4 is 19.3 Å². The van der Waals surface area contributed by atoms with Gasteiger partial charge in [-0.1, -0.05) is 41.4 Å². The zero-order valence-corrected chi connectivity index (χ0v) is 17.4. The maximum atomic E-state index is 12.2. The zero-order chi connectivity index (χ0) is 20.8. The number of hydrogen-bond acceptors (Lipinski definition) is 5. The summed E-state index contributed by atoms with van der Waals surface area (Å²) in [7, 11) is -2.49. The summed E-state index contributed by atoms with van der Waals surface area (Å²) in [6.07, 6.45) is 0. The summed E-state index contributed by atoms with van der Waals surface area (Å²) >= 11 is 12.6. The SMILES string of the molecule is COc1c(Cl)cc(-c2cc3c(cc2-c2ccccc2S(N)(=O)=O)OCO3)cc1Cl. The molecule has 29 heavy (non-hydrogen) atoms. The van der Waals surface area contributed by atoms with Gasteiger partial charge in [0.15, 0.2) is 17.2 Å². The molecule has 0 unspecified atom stereocenters. The molecule has 0 aliphatic carbocycles. The average Bonchev–Trinajstić information content (AvgIpc) is 3.13. The van der Waals surface area contributed by atoms with Gasteiger partial charge in [-0.15, -0.1) is 0 Å². The van der Waals surface area contributed by atoms with E-state index in [-0.39, 0.29) is 11.7 Å². The Kier molecular flexibility index (Phi) is 5.08. The molecule has 0 radical (unpaired) electrons. The van der Waals surface area contributed by atoms with Gasteiger partial charge in [-0.25, -0.2) is 13.6 Å². The van der Waals surface area contributed by atoms with Crippen molar-refractivity contribution in [3.05, 3.63) is 58.6 Å². The number of ether oxygens (including phenoxy) is 3. The largest absolute Gasteiger partial charge is 0.494 e. The number of benzene rings is 3. The standard InChI is InChI=1S/C20H15Cl2NO5S/c1-26-20-15(21)6-11(7-16(20)22)13-8-17-18(28-10-27-17)9-14(13)12-4-2-3-5-19(12)29(23,24)25/h2-9H,10H2,1H3,(H2,23,24,25). The zero-order valence-electron chi connectivity index (χ0n) is 15.1. The lowest BCUT2D eigenvalue weighted by Gasteiger charge is -2.16.